The highest BCUT2D eigenvalue weighted by atomic mass is 16.4. The Morgan fingerprint density at radius 3 is 2.72 bits per heavy atom. The van der Waals surface area contributed by atoms with Crippen molar-refractivity contribution < 1.29 is 14.7 Å². The van der Waals surface area contributed by atoms with Crippen LogP contribution in [0.25, 0.3) is 10.9 Å². The fourth-order valence-electron chi connectivity index (χ4n) is 1.83. The van der Waals surface area contributed by atoms with Crippen LogP contribution in [-0.4, -0.2) is 27.9 Å². The molecule has 0 amide bonds. The molecule has 0 fully saturated rings. The normalized spacial score (nSPS) is 12.3. The van der Waals surface area contributed by atoms with E-state index in [-0.39, 0.29) is 12.2 Å². The Balaban J connectivity index is 2.20. The predicted octanol–water partition coefficient (Wildman–Crippen LogP) is 2.01. The van der Waals surface area contributed by atoms with Crippen molar-refractivity contribution in [2.24, 2.45) is 0 Å². The second-order valence-corrected chi connectivity index (χ2v) is 4.21. The van der Waals surface area contributed by atoms with Crippen molar-refractivity contribution in [3.63, 3.8) is 0 Å². The third kappa shape index (κ3) is 2.68. The molecule has 0 aliphatic heterocycles. The van der Waals surface area contributed by atoms with Crippen molar-refractivity contribution in [1.29, 1.82) is 0 Å². The number of carboxylic acids is 1. The molecule has 1 aromatic carbocycles. The lowest BCUT2D eigenvalue weighted by atomic mass is 10.1. The number of H-pyrrole nitrogens is 1. The molecule has 0 saturated carbocycles. The number of anilines is 1. The summed E-state index contributed by atoms with van der Waals surface area (Å²) in [4.78, 5) is 25.1. The summed E-state index contributed by atoms with van der Waals surface area (Å²) in [5, 5.41) is 12.8. The highest BCUT2D eigenvalue weighted by Crippen LogP contribution is 2.19. The first-order valence-corrected chi connectivity index (χ1v) is 5.63. The number of fused-ring (bicyclic) bond motifs is 1. The van der Waals surface area contributed by atoms with E-state index in [1.165, 1.54) is 6.92 Å². The van der Waals surface area contributed by atoms with E-state index < -0.39 is 12.0 Å². The van der Waals surface area contributed by atoms with Crippen molar-refractivity contribution in [2.75, 3.05) is 5.32 Å². The van der Waals surface area contributed by atoms with Crippen LogP contribution in [-0.2, 0) is 9.59 Å². The first-order chi connectivity index (χ1) is 8.56. The van der Waals surface area contributed by atoms with Gasteiger partial charge in [-0.2, -0.15) is 0 Å². The zero-order valence-electron chi connectivity index (χ0n) is 9.93. The van der Waals surface area contributed by atoms with Gasteiger partial charge in [-0.1, -0.05) is 18.2 Å². The van der Waals surface area contributed by atoms with Crippen LogP contribution in [0.15, 0.2) is 30.3 Å². The average molecular weight is 246 g/mol. The summed E-state index contributed by atoms with van der Waals surface area (Å²) in [6, 6.07) is 8.55. The van der Waals surface area contributed by atoms with E-state index in [0.717, 1.165) is 10.9 Å². The summed E-state index contributed by atoms with van der Waals surface area (Å²) in [5.41, 5.74) is 0.923. The monoisotopic (exact) mass is 246 g/mol. The lowest BCUT2D eigenvalue weighted by molar-refractivity contribution is -0.139. The maximum absolute atomic E-state index is 11.0. The summed E-state index contributed by atoms with van der Waals surface area (Å²) in [5.74, 6) is -0.597. The number of benzene rings is 1. The number of hydrogen-bond donors (Lipinski definition) is 3. The number of Topliss-reactive ketones (excluding diaryl/α,β-unsaturated/α-hetero) is 1. The van der Waals surface area contributed by atoms with Gasteiger partial charge >= 0.3 is 5.97 Å². The number of aromatic nitrogens is 1. The number of carbonyl (C=O) groups excluding carboxylic acids is 1. The number of aliphatic carboxylic acids is 1. The standard InChI is InChI=1S/C13H14N2O3/c1-8(16)6-11(13(17)18)15-12-7-9-4-2-3-5-10(9)14-12/h2-5,7,11,14-15H,6H2,1H3,(H,17,18)/t11-/m0/s1. The Hall–Kier alpha value is -2.30. The fraction of sp³-hybridized carbons (Fsp3) is 0.231. The predicted molar refractivity (Wildman–Crippen MR) is 68.6 cm³/mol. The average Bonchev–Trinajstić information content (AvgIpc) is 2.69. The first kappa shape index (κ1) is 12.2. The maximum Gasteiger partial charge on any atom is 0.326 e. The van der Waals surface area contributed by atoms with Crippen molar-refractivity contribution in [3.05, 3.63) is 30.3 Å². The number of rotatable bonds is 5. The number of hydrogen-bond acceptors (Lipinski definition) is 3. The molecular formula is C13H14N2O3. The number of carboxylic acid groups (broad SMARTS) is 1. The molecule has 3 N–H and O–H groups in total. The van der Waals surface area contributed by atoms with Crippen LogP contribution < -0.4 is 5.32 Å². The number of nitrogens with one attached hydrogen (secondary N) is 2. The maximum atomic E-state index is 11.0. The number of para-hydroxylation sites is 1. The summed E-state index contributed by atoms with van der Waals surface area (Å²) >= 11 is 0. The fourth-order valence-corrected chi connectivity index (χ4v) is 1.83. The largest absolute Gasteiger partial charge is 0.480 e. The van der Waals surface area contributed by atoms with Crippen LogP contribution in [0.3, 0.4) is 0 Å². The smallest absolute Gasteiger partial charge is 0.326 e. The highest BCUT2D eigenvalue weighted by Gasteiger charge is 2.19. The molecule has 0 unspecified atom stereocenters. The van der Waals surface area contributed by atoms with Crippen molar-refractivity contribution in [2.45, 2.75) is 19.4 Å². The third-order valence-corrected chi connectivity index (χ3v) is 2.65. The molecule has 18 heavy (non-hydrogen) atoms. The molecule has 5 nitrogen and oxygen atoms in total. The minimum Gasteiger partial charge on any atom is -0.480 e. The molecule has 0 aliphatic carbocycles. The third-order valence-electron chi connectivity index (χ3n) is 2.65. The summed E-state index contributed by atoms with van der Waals surface area (Å²) < 4.78 is 0. The molecule has 2 aromatic rings. The Kier molecular flexibility index (Phi) is 3.32. The number of ketones is 1. The van der Waals surface area contributed by atoms with Gasteiger partial charge in [0.1, 0.15) is 17.6 Å². The minimum atomic E-state index is -1.04. The quantitative estimate of drug-likeness (QED) is 0.753. The van der Waals surface area contributed by atoms with Crippen molar-refractivity contribution in [3.8, 4) is 0 Å². The van der Waals surface area contributed by atoms with Gasteiger partial charge in [0.05, 0.1) is 0 Å². The summed E-state index contributed by atoms with van der Waals surface area (Å²) in [6.45, 7) is 1.38. The minimum absolute atomic E-state index is 0.0370. The van der Waals surface area contributed by atoms with Crippen LogP contribution in [0.1, 0.15) is 13.3 Å². The zero-order chi connectivity index (χ0) is 13.1. The molecule has 0 radical (unpaired) electrons. The van der Waals surface area contributed by atoms with E-state index in [9.17, 15) is 9.59 Å². The zero-order valence-corrected chi connectivity index (χ0v) is 9.93. The van der Waals surface area contributed by atoms with E-state index in [0.29, 0.717) is 5.82 Å². The molecule has 0 spiro atoms. The molecule has 2 rings (SSSR count). The van der Waals surface area contributed by atoms with E-state index in [4.69, 9.17) is 5.11 Å². The molecule has 0 bridgehead atoms. The van der Waals surface area contributed by atoms with Gasteiger partial charge in [0.15, 0.2) is 0 Å². The van der Waals surface area contributed by atoms with Gasteiger partial charge in [-0.15, -0.1) is 0 Å². The van der Waals surface area contributed by atoms with Gasteiger partial charge in [0, 0.05) is 17.3 Å². The van der Waals surface area contributed by atoms with Gasteiger partial charge in [-0.05, 0) is 19.1 Å². The van der Waals surface area contributed by atoms with Crippen molar-refractivity contribution in [1.82, 2.24) is 4.98 Å². The van der Waals surface area contributed by atoms with E-state index >= 15 is 0 Å². The lowest BCUT2D eigenvalue weighted by Crippen LogP contribution is -2.31. The molecule has 5 heteroatoms. The molecule has 1 heterocycles. The summed E-state index contributed by atoms with van der Waals surface area (Å²) in [7, 11) is 0. The van der Waals surface area contributed by atoms with Gasteiger partial charge in [0.2, 0.25) is 0 Å². The van der Waals surface area contributed by atoms with Gasteiger partial charge in [-0.25, -0.2) is 4.79 Å². The van der Waals surface area contributed by atoms with Gasteiger partial charge < -0.3 is 15.4 Å². The van der Waals surface area contributed by atoms with E-state index in [1.54, 1.807) is 0 Å². The molecule has 0 aliphatic rings. The second-order valence-electron chi connectivity index (χ2n) is 4.21. The van der Waals surface area contributed by atoms with Crippen LogP contribution in [0, 0.1) is 0 Å². The molecule has 94 valence electrons. The van der Waals surface area contributed by atoms with Crippen LogP contribution >= 0.6 is 0 Å². The van der Waals surface area contributed by atoms with Crippen LogP contribution in [0.4, 0.5) is 5.82 Å². The Bertz CT molecular complexity index is 556. The second kappa shape index (κ2) is 4.91. The highest BCUT2D eigenvalue weighted by molar-refractivity contribution is 5.88. The molecule has 0 saturated heterocycles. The van der Waals surface area contributed by atoms with Crippen LogP contribution in [0.5, 0.6) is 0 Å². The number of carbonyl (C=O) groups is 2. The SMILES string of the molecule is CC(=O)C[C@H](Nc1cc2ccccc2[nH]1)C(=O)O. The Labute approximate surface area is 104 Å². The number of aromatic amines is 1. The topological polar surface area (TPSA) is 82.2 Å². The van der Waals surface area contributed by atoms with Gasteiger partial charge in [0.25, 0.3) is 0 Å². The lowest BCUT2D eigenvalue weighted by Gasteiger charge is -2.12. The molecular weight excluding hydrogens is 232 g/mol. The van der Waals surface area contributed by atoms with Gasteiger partial charge in [-0.3, -0.25) is 4.79 Å². The van der Waals surface area contributed by atoms with E-state index in [1.807, 2.05) is 30.3 Å². The molecule has 1 aromatic heterocycles. The Morgan fingerprint density at radius 2 is 2.11 bits per heavy atom. The summed E-state index contributed by atoms with van der Waals surface area (Å²) in [6.07, 6.45) is -0.0370. The van der Waals surface area contributed by atoms with Crippen molar-refractivity contribution >= 4 is 28.5 Å². The van der Waals surface area contributed by atoms with Crippen LogP contribution in [0.2, 0.25) is 0 Å². The van der Waals surface area contributed by atoms with E-state index in [2.05, 4.69) is 10.3 Å². The Morgan fingerprint density at radius 1 is 1.39 bits per heavy atom. The molecule has 1 atom stereocenters. The first-order valence-electron chi connectivity index (χ1n) is 5.63.